The lowest BCUT2D eigenvalue weighted by Crippen LogP contribution is -2.45. The highest BCUT2D eigenvalue weighted by Crippen LogP contribution is 2.39. The molecule has 0 aliphatic rings. The van der Waals surface area contributed by atoms with Gasteiger partial charge in [0, 0.05) is 12.0 Å². The van der Waals surface area contributed by atoms with Crippen LogP contribution in [0.2, 0.25) is 36.3 Å². The third-order valence-corrected chi connectivity index (χ3v) is 15.1. The molecule has 0 aliphatic heterocycles. The third kappa shape index (κ3) is 8.76. The number of hydrogen-bond donors (Lipinski definition) is 0. The summed E-state index contributed by atoms with van der Waals surface area (Å²) in [4.78, 5) is 11.5. The quantitative estimate of drug-likeness (QED) is 0.186. The van der Waals surface area contributed by atoms with Crippen LogP contribution in [0.15, 0.2) is 24.3 Å². The first-order valence-corrected chi connectivity index (χ1v) is 16.0. The molecule has 4 nitrogen and oxygen atoms in total. The van der Waals surface area contributed by atoms with Gasteiger partial charge in [-0.1, -0.05) is 66.7 Å². The van der Waals surface area contributed by atoms with E-state index < -0.39 is 16.6 Å². The first-order chi connectivity index (χ1) is 12.4. The Bertz CT molecular complexity index is 552. The molecule has 2 atom stereocenters. The first-order valence-electron chi connectivity index (χ1n) is 10.2. The van der Waals surface area contributed by atoms with Gasteiger partial charge in [-0.2, -0.15) is 0 Å². The largest absolute Gasteiger partial charge is 0.466 e. The minimum absolute atomic E-state index is 0.0531. The predicted molar refractivity (Wildman–Crippen MR) is 125 cm³/mol. The van der Waals surface area contributed by atoms with E-state index in [9.17, 15) is 4.79 Å². The summed E-state index contributed by atoms with van der Waals surface area (Å²) in [7, 11) is -2.34. The molecule has 0 radical (unpaired) electrons. The monoisotopic (exact) mass is 428 g/mol. The molecule has 6 heteroatoms. The molecule has 0 rings (SSSR count). The van der Waals surface area contributed by atoms with Gasteiger partial charge in [0.15, 0.2) is 16.6 Å². The zero-order valence-corrected chi connectivity index (χ0v) is 22.3. The minimum Gasteiger partial charge on any atom is -0.466 e. The van der Waals surface area contributed by atoms with Crippen molar-refractivity contribution in [2.45, 2.75) is 90.8 Å². The number of carbonyl (C=O) groups is 1. The fourth-order valence-corrected chi connectivity index (χ4v) is 4.18. The maximum atomic E-state index is 11.5. The Morgan fingerprint density at radius 3 is 1.86 bits per heavy atom. The molecule has 0 N–H and O–H groups in total. The normalized spacial score (nSPS) is 16.6. The second-order valence-corrected chi connectivity index (χ2v) is 20.1. The number of hydrogen-bond acceptors (Lipinski definition) is 4. The van der Waals surface area contributed by atoms with Crippen molar-refractivity contribution in [3.8, 4) is 0 Å². The summed E-state index contributed by atoms with van der Waals surface area (Å²) in [5.74, 6) is -0.291. The fraction of sp³-hybridized carbons (Fsp3) is 0.773. The van der Waals surface area contributed by atoms with Gasteiger partial charge in [0.2, 0.25) is 0 Å². The van der Waals surface area contributed by atoms with Crippen molar-refractivity contribution in [2.75, 3.05) is 13.7 Å². The highest BCUT2D eigenvalue weighted by Gasteiger charge is 2.39. The summed E-state index contributed by atoms with van der Waals surface area (Å²) in [5, 5.41) is 0.303. The van der Waals surface area contributed by atoms with Crippen LogP contribution < -0.4 is 0 Å². The van der Waals surface area contributed by atoms with E-state index in [0.29, 0.717) is 6.61 Å². The standard InChI is InChI=1S/C22H44O4Si2/c1-18(15-16-20(23)24-8)19(26-28(11,12)22(5,6)7)14-13-17-25-27(9,10)21(2,3)4/h13-16,18-19H,17H2,1-12H3/b14-13+,16-15+/t18-,19-/m1/s1. The molecule has 0 aliphatic carbocycles. The maximum absolute atomic E-state index is 11.5. The molecule has 0 fully saturated rings. The van der Waals surface area contributed by atoms with Gasteiger partial charge < -0.3 is 13.6 Å². The third-order valence-electron chi connectivity index (χ3n) is 6.16. The predicted octanol–water partition coefficient (Wildman–Crippen LogP) is 6.32. The van der Waals surface area contributed by atoms with Crippen LogP contribution >= 0.6 is 0 Å². The van der Waals surface area contributed by atoms with Crippen LogP contribution in [0.4, 0.5) is 0 Å². The van der Waals surface area contributed by atoms with E-state index in [1.54, 1.807) is 0 Å². The Hall–Kier alpha value is -0.696. The van der Waals surface area contributed by atoms with Crippen molar-refractivity contribution in [3.05, 3.63) is 24.3 Å². The van der Waals surface area contributed by atoms with Crippen molar-refractivity contribution >= 4 is 22.6 Å². The van der Waals surface area contributed by atoms with Crippen LogP contribution in [0.1, 0.15) is 48.5 Å². The number of ether oxygens (including phenoxy) is 1. The van der Waals surface area contributed by atoms with Gasteiger partial charge in [0.1, 0.15) is 0 Å². The van der Waals surface area contributed by atoms with Crippen molar-refractivity contribution in [2.24, 2.45) is 5.92 Å². The minimum atomic E-state index is -1.96. The summed E-state index contributed by atoms with van der Waals surface area (Å²) in [6, 6.07) is 0. The summed E-state index contributed by atoms with van der Waals surface area (Å²) >= 11 is 0. The molecule has 0 saturated heterocycles. The van der Waals surface area contributed by atoms with E-state index >= 15 is 0 Å². The summed E-state index contributed by atoms with van der Waals surface area (Å²) in [5.41, 5.74) is 0. The zero-order valence-electron chi connectivity index (χ0n) is 20.3. The molecule has 0 amide bonds. The average molecular weight is 429 g/mol. The van der Waals surface area contributed by atoms with E-state index in [2.05, 4.69) is 86.8 Å². The van der Waals surface area contributed by atoms with Crippen LogP contribution in [-0.2, 0) is 18.4 Å². The van der Waals surface area contributed by atoms with E-state index in [-0.39, 0.29) is 28.1 Å². The Morgan fingerprint density at radius 1 is 0.929 bits per heavy atom. The molecular formula is C22H44O4Si2. The topological polar surface area (TPSA) is 44.8 Å². The highest BCUT2D eigenvalue weighted by atomic mass is 28.4. The van der Waals surface area contributed by atoms with Gasteiger partial charge in [0.05, 0.1) is 19.8 Å². The van der Waals surface area contributed by atoms with Gasteiger partial charge in [0.25, 0.3) is 0 Å². The van der Waals surface area contributed by atoms with Gasteiger partial charge in [-0.05, 0) is 36.3 Å². The average Bonchev–Trinajstić information content (AvgIpc) is 2.52. The van der Waals surface area contributed by atoms with Crippen LogP contribution in [-0.4, -0.2) is 42.4 Å². The van der Waals surface area contributed by atoms with Crippen molar-refractivity contribution in [1.82, 2.24) is 0 Å². The SMILES string of the molecule is COC(=O)/C=C/[C@@H](C)[C@@H](/C=C/CO[Si](C)(C)C(C)(C)C)O[Si](C)(C)C(C)(C)C. The van der Waals surface area contributed by atoms with Crippen LogP contribution in [0.25, 0.3) is 0 Å². The number of methoxy groups -OCH3 is 1. The lowest BCUT2D eigenvalue weighted by molar-refractivity contribution is -0.134. The Kier molecular flexibility index (Phi) is 10.1. The second kappa shape index (κ2) is 10.4. The Labute approximate surface area is 176 Å². The summed E-state index contributed by atoms with van der Waals surface area (Å²) < 4.78 is 17.6. The number of rotatable bonds is 9. The van der Waals surface area contributed by atoms with Crippen molar-refractivity contribution in [1.29, 1.82) is 0 Å². The van der Waals surface area contributed by atoms with Crippen LogP contribution in [0, 0.1) is 5.92 Å². The Balaban J connectivity index is 5.34. The molecule has 0 unspecified atom stereocenters. The van der Waals surface area contributed by atoms with Crippen LogP contribution in [0.5, 0.6) is 0 Å². The van der Waals surface area contributed by atoms with Crippen molar-refractivity contribution in [3.63, 3.8) is 0 Å². The molecule has 0 bridgehead atoms. The van der Waals surface area contributed by atoms with Gasteiger partial charge in [-0.15, -0.1) is 0 Å². The molecule has 0 aromatic rings. The molecule has 0 spiro atoms. The van der Waals surface area contributed by atoms with E-state index in [4.69, 9.17) is 13.6 Å². The lowest BCUT2D eigenvalue weighted by atomic mass is 10.0. The van der Waals surface area contributed by atoms with Crippen LogP contribution in [0.3, 0.4) is 0 Å². The lowest BCUT2D eigenvalue weighted by Gasteiger charge is -2.40. The Morgan fingerprint density at radius 2 is 1.43 bits per heavy atom. The van der Waals surface area contributed by atoms with Crippen molar-refractivity contribution < 1.29 is 18.4 Å². The molecule has 0 aromatic carbocycles. The second-order valence-electron chi connectivity index (χ2n) is 10.6. The highest BCUT2D eigenvalue weighted by molar-refractivity contribution is 6.74. The van der Waals surface area contributed by atoms with E-state index in [0.717, 1.165) is 0 Å². The van der Waals surface area contributed by atoms with Gasteiger partial charge >= 0.3 is 5.97 Å². The van der Waals surface area contributed by atoms with E-state index in [1.807, 2.05) is 6.08 Å². The summed E-state index contributed by atoms with van der Waals surface area (Å²) in [6.07, 6.45) is 7.40. The molecule has 28 heavy (non-hydrogen) atoms. The zero-order chi connectivity index (χ0) is 22.4. The molecular weight excluding hydrogens is 384 g/mol. The fourth-order valence-electron chi connectivity index (χ4n) is 1.91. The molecule has 164 valence electrons. The maximum Gasteiger partial charge on any atom is 0.330 e. The molecule has 0 heterocycles. The number of carbonyl (C=O) groups excluding carboxylic acids is 1. The number of esters is 1. The van der Waals surface area contributed by atoms with Gasteiger partial charge in [-0.25, -0.2) is 4.79 Å². The van der Waals surface area contributed by atoms with E-state index in [1.165, 1.54) is 13.2 Å². The smallest absolute Gasteiger partial charge is 0.330 e. The molecule has 0 saturated carbocycles. The first kappa shape index (κ1) is 27.3. The van der Waals surface area contributed by atoms with Gasteiger partial charge in [-0.3, -0.25) is 0 Å². The summed E-state index contributed by atoms with van der Waals surface area (Å²) in [6.45, 7) is 25.1. The molecule has 0 aromatic heterocycles.